The van der Waals surface area contributed by atoms with Crippen molar-refractivity contribution in [1.29, 1.82) is 0 Å². The van der Waals surface area contributed by atoms with E-state index in [4.69, 9.17) is 0 Å². The summed E-state index contributed by atoms with van der Waals surface area (Å²) in [6.45, 7) is 6.51. The lowest BCUT2D eigenvalue weighted by molar-refractivity contribution is -0.140. The number of hydrogen-bond acceptors (Lipinski definition) is 4. The zero-order valence-electron chi connectivity index (χ0n) is 9.90. The summed E-state index contributed by atoms with van der Waals surface area (Å²) in [6, 6.07) is 0. The van der Waals surface area contributed by atoms with Crippen LogP contribution < -0.4 is 0 Å². The molecule has 0 aliphatic carbocycles. The van der Waals surface area contributed by atoms with Crippen LogP contribution in [0.25, 0.3) is 0 Å². The summed E-state index contributed by atoms with van der Waals surface area (Å²) in [4.78, 5) is 11.0. The van der Waals surface area contributed by atoms with Crippen molar-refractivity contribution in [2.45, 2.75) is 32.4 Å². The van der Waals surface area contributed by atoms with Gasteiger partial charge >= 0.3 is 5.97 Å². The van der Waals surface area contributed by atoms with E-state index in [-0.39, 0.29) is 13.1 Å². The van der Waals surface area contributed by atoms with Crippen LogP contribution in [-0.4, -0.2) is 43.6 Å². The van der Waals surface area contributed by atoms with Gasteiger partial charge in [-0.25, -0.2) is 8.42 Å². The van der Waals surface area contributed by atoms with Crippen LogP contribution in [0.4, 0.5) is 0 Å². The van der Waals surface area contributed by atoms with Gasteiger partial charge in [0.15, 0.2) is 0 Å². The molecule has 0 unspecified atom stereocenters. The summed E-state index contributed by atoms with van der Waals surface area (Å²) in [7, 11) is -2.23. The Morgan fingerprint density at radius 1 is 1.33 bits per heavy atom. The number of nitrogens with zero attached hydrogens (tertiary/aromatic N) is 1. The predicted octanol–water partition coefficient (Wildman–Crippen LogP) is 0.610. The van der Waals surface area contributed by atoms with E-state index in [1.807, 2.05) is 0 Å². The first-order valence-electron chi connectivity index (χ1n) is 4.73. The Balaban J connectivity index is 4.92. The maximum atomic E-state index is 12.0. The van der Waals surface area contributed by atoms with Crippen LogP contribution in [0.5, 0.6) is 0 Å². The molecule has 0 rings (SSSR count). The van der Waals surface area contributed by atoms with Crippen LogP contribution in [-0.2, 0) is 19.6 Å². The third-order valence-electron chi connectivity index (χ3n) is 2.00. The van der Waals surface area contributed by atoms with E-state index in [0.29, 0.717) is 0 Å². The molecule has 15 heavy (non-hydrogen) atoms. The number of carbonyl (C=O) groups excluding carboxylic acids is 1. The minimum absolute atomic E-state index is 0.230. The van der Waals surface area contributed by atoms with E-state index in [0.717, 1.165) is 4.31 Å². The fourth-order valence-electron chi connectivity index (χ4n) is 0.963. The van der Waals surface area contributed by atoms with Crippen LogP contribution in [0.3, 0.4) is 0 Å². The molecule has 0 aromatic rings. The molecular weight excluding hydrogens is 218 g/mol. The molecule has 6 heteroatoms. The molecule has 0 aliphatic heterocycles. The summed E-state index contributed by atoms with van der Waals surface area (Å²) >= 11 is 0. The Kier molecular flexibility index (Phi) is 4.73. The van der Waals surface area contributed by atoms with Gasteiger partial charge < -0.3 is 4.74 Å². The predicted molar refractivity (Wildman–Crippen MR) is 57.9 cm³/mol. The standard InChI is InChI=1S/C9H19NO4S/c1-6-10(7-8(11)14-5)15(12,13)9(2,3)4/h6-7H2,1-5H3. The van der Waals surface area contributed by atoms with Gasteiger partial charge in [0.1, 0.15) is 6.54 Å². The van der Waals surface area contributed by atoms with Crippen molar-refractivity contribution in [3.63, 3.8) is 0 Å². The molecule has 0 atom stereocenters. The maximum absolute atomic E-state index is 12.0. The summed E-state index contributed by atoms with van der Waals surface area (Å²) in [5.74, 6) is -0.551. The molecule has 0 fully saturated rings. The lowest BCUT2D eigenvalue weighted by Crippen LogP contribution is -2.45. The minimum atomic E-state index is -3.46. The van der Waals surface area contributed by atoms with E-state index in [1.165, 1.54) is 7.11 Å². The third-order valence-corrected chi connectivity index (χ3v) is 4.61. The Morgan fingerprint density at radius 3 is 2.07 bits per heavy atom. The molecule has 0 heterocycles. The van der Waals surface area contributed by atoms with Crippen molar-refractivity contribution >= 4 is 16.0 Å². The SMILES string of the molecule is CCN(CC(=O)OC)S(=O)(=O)C(C)(C)C. The lowest BCUT2D eigenvalue weighted by Gasteiger charge is -2.28. The first kappa shape index (κ1) is 14.4. The number of rotatable bonds is 4. The second kappa shape index (κ2) is 4.94. The van der Waals surface area contributed by atoms with Gasteiger partial charge in [0.25, 0.3) is 0 Å². The molecule has 0 radical (unpaired) electrons. The van der Waals surface area contributed by atoms with Gasteiger partial charge in [0.05, 0.1) is 11.9 Å². The van der Waals surface area contributed by atoms with Crippen molar-refractivity contribution in [2.75, 3.05) is 20.2 Å². The van der Waals surface area contributed by atoms with Crippen molar-refractivity contribution in [1.82, 2.24) is 4.31 Å². The monoisotopic (exact) mass is 237 g/mol. The van der Waals surface area contributed by atoms with Crippen molar-refractivity contribution in [2.24, 2.45) is 0 Å². The number of likely N-dealkylation sites (N-methyl/N-ethyl adjacent to an activating group) is 1. The average Bonchev–Trinajstić information content (AvgIpc) is 2.11. The van der Waals surface area contributed by atoms with Gasteiger partial charge in [0, 0.05) is 6.54 Å². The summed E-state index contributed by atoms with van der Waals surface area (Å²) in [6.07, 6.45) is 0. The van der Waals surface area contributed by atoms with Crippen molar-refractivity contribution < 1.29 is 17.9 Å². The molecule has 0 spiro atoms. The van der Waals surface area contributed by atoms with Crippen LogP contribution >= 0.6 is 0 Å². The summed E-state index contributed by atoms with van der Waals surface area (Å²) in [5, 5.41) is 0. The zero-order chi connectivity index (χ0) is 12.3. The Labute approximate surface area is 91.5 Å². The fourth-order valence-corrected chi connectivity index (χ4v) is 2.35. The molecule has 0 N–H and O–H groups in total. The highest BCUT2D eigenvalue weighted by Gasteiger charge is 2.35. The number of methoxy groups -OCH3 is 1. The van der Waals surface area contributed by atoms with Gasteiger partial charge in [-0.05, 0) is 20.8 Å². The van der Waals surface area contributed by atoms with E-state index < -0.39 is 20.7 Å². The highest BCUT2D eigenvalue weighted by atomic mass is 32.2. The Bertz CT molecular complexity index is 315. The van der Waals surface area contributed by atoms with Gasteiger partial charge in [-0.15, -0.1) is 0 Å². The molecule has 0 aromatic carbocycles. The summed E-state index contributed by atoms with van der Waals surface area (Å²) in [5.41, 5.74) is 0. The molecule has 0 saturated carbocycles. The topological polar surface area (TPSA) is 63.7 Å². The lowest BCUT2D eigenvalue weighted by atomic mass is 10.3. The van der Waals surface area contributed by atoms with Crippen LogP contribution in [0.1, 0.15) is 27.7 Å². The molecule has 0 saturated heterocycles. The molecule has 90 valence electrons. The molecule has 0 bridgehead atoms. The summed E-state index contributed by atoms with van der Waals surface area (Å²) < 4.78 is 28.6. The van der Waals surface area contributed by atoms with Gasteiger partial charge in [-0.3, -0.25) is 4.79 Å². The zero-order valence-corrected chi connectivity index (χ0v) is 10.7. The van der Waals surface area contributed by atoms with Crippen molar-refractivity contribution in [3.05, 3.63) is 0 Å². The molecule has 5 nitrogen and oxygen atoms in total. The largest absolute Gasteiger partial charge is 0.468 e. The molecule has 0 aliphatic rings. The smallest absolute Gasteiger partial charge is 0.321 e. The fraction of sp³-hybridized carbons (Fsp3) is 0.889. The van der Waals surface area contributed by atoms with Gasteiger partial charge in [-0.1, -0.05) is 6.92 Å². The quantitative estimate of drug-likeness (QED) is 0.672. The number of ether oxygens (including phenoxy) is 1. The van der Waals surface area contributed by atoms with Crippen LogP contribution in [0.2, 0.25) is 0 Å². The Morgan fingerprint density at radius 2 is 1.80 bits per heavy atom. The number of esters is 1. The van der Waals surface area contributed by atoms with Gasteiger partial charge in [0.2, 0.25) is 10.0 Å². The second-order valence-corrected chi connectivity index (χ2v) is 6.81. The number of sulfonamides is 1. The minimum Gasteiger partial charge on any atom is -0.468 e. The van der Waals surface area contributed by atoms with Crippen LogP contribution in [0, 0.1) is 0 Å². The molecule has 0 aromatic heterocycles. The molecular formula is C9H19NO4S. The second-order valence-electron chi connectivity index (χ2n) is 4.12. The highest BCUT2D eigenvalue weighted by Crippen LogP contribution is 2.19. The first-order chi connectivity index (χ1) is 6.66. The van der Waals surface area contributed by atoms with Crippen LogP contribution in [0.15, 0.2) is 0 Å². The van der Waals surface area contributed by atoms with Gasteiger partial charge in [-0.2, -0.15) is 4.31 Å². The maximum Gasteiger partial charge on any atom is 0.321 e. The number of carbonyl (C=O) groups is 1. The highest BCUT2D eigenvalue weighted by molar-refractivity contribution is 7.90. The first-order valence-corrected chi connectivity index (χ1v) is 6.17. The van der Waals surface area contributed by atoms with E-state index in [1.54, 1.807) is 27.7 Å². The molecule has 0 amide bonds. The van der Waals surface area contributed by atoms with Crippen molar-refractivity contribution in [3.8, 4) is 0 Å². The Hall–Kier alpha value is -0.620. The van der Waals surface area contributed by atoms with E-state index in [9.17, 15) is 13.2 Å². The van der Waals surface area contributed by atoms with E-state index in [2.05, 4.69) is 4.74 Å². The third kappa shape index (κ3) is 3.46. The average molecular weight is 237 g/mol. The normalized spacial score (nSPS) is 12.9. The van der Waals surface area contributed by atoms with E-state index >= 15 is 0 Å². The number of hydrogen-bond donors (Lipinski definition) is 0.